The van der Waals surface area contributed by atoms with Crippen molar-refractivity contribution < 1.29 is 9.26 Å². The summed E-state index contributed by atoms with van der Waals surface area (Å²) in [4.78, 5) is 6.74. The van der Waals surface area contributed by atoms with Gasteiger partial charge in [-0.3, -0.25) is 0 Å². The molecule has 6 heteroatoms. The Morgan fingerprint density at radius 1 is 1.21 bits per heavy atom. The van der Waals surface area contributed by atoms with Crippen LogP contribution in [-0.4, -0.2) is 49.5 Å². The maximum absolute atomic E-state index is 5.51. The molecule has 106 valence electrons. The highest BCUT2D eigenvalue weighted by atomic mass is 16.5. The zero-order valence-electron chi connectivity index (χ0n) is 11.5. The van der Waals surface area contributed by atoms with Gasteiger partial charge in [0.25, 0.3) is 5.95 Å². The number of likely N-dealkylation sites (N-methyl/N-ethyl adjacent to an activating group) is 1. The number of anilines is 1. The number of hydrogen-bond donors (Lipinski definition) is 1. The first-order valence-electron chi connectivity index (χ1n) is 7.22. The van der Waals surface area contributed by atoms with Gasteiger partial charge in [-0.2, -0.15) is 4.98 Å². The van der Waals surface area contributed by atoms with Crippen LogP contribution in [0, 0.1) is 0 Å². The first kappa shape index (κ1) is 12.9. The molecule has 1 saturated heterocycles. The third-order valence-electron chi connectivity index (χ3n) is 4.18. The molecule has 0 amide bonds. The molecule has 2 fully saturated rings. The molecule has 1 aliphatic heterocycles. The zero-order chi connectivity index (χ0) is 13.1. The minimum absolute atomic E-state index is 0.362. The van der Waals surface area contributed by atoms with E-state index in [1.807, 2.05) is 7.05 Å². The molecular formula is C13H22N4O2. The summed E-state index contributed by atoms with van der Waals surface area (Å²) in [5, 5.41) is 7.52. The average Bonchev–Trinajstić information content (AvgIpc) is 2.98. The second-order valence-electron chi connectivity index (χ2n) is 5.32. The monoisotopic (exact) mass is 266 g/mol. The number of ether oxygens (including phenoxy) is 1. The Balaban J connectivity index is 1.72. The van der Waals surface area contributed by atoms with Crippen LogP contribution in [0.25, 0.3) is 0 Å². The summed E-state index contributed by atoms with van der Waals surface area (Å²) in [6.45, 7) is 3.18. The molecule has 2 heterocycles. The third-order valence-corrected chi connectivity index (χ3v) is 4.18. The molecule has 0 spiro atoms. The van der Waals surface area contributed by atoms with E-state index in [9.17, 15) is 0 Å². The summed E-state index contributed by atoms with van der Waals surface area (Å²) in [5.74, 6) is 1.88. The Labute approximate surface area is 113 Å². The van der Waals surface area contributed by atoms with Gasteiger partial charge < -0.3 is 19.5 Å². The van der Waals surface area contributed by atoms with Gasteiger partial charge in [-0.25, -0.2) is 0 Å². The molecule has 0 bridgehead atoms. The molecule has 1 saturated carbocycles. The normalized spacial score (nSPS) is 28.6. The fourth-order valence-corrected chi connectivity index (χ4v) is 3.04. The second kappa shape index (κ2) is 5.88. The van der Waals surface area contributed by atoms with Crippen molar-refractivity contribution in [1.29, 1.82) is 0 Å². The largest absolute Gasteiger partial charge is 0.378 e. The van der Waals surface area contributed by atoms with Crippen LogP contribution in [0.5, 0.6) is 0 Å². The van der Waals surface area contributed by atoms with Crippen LogP contribution in [0.2, 0.25) is 0 Å². The zero-order valence-corrected chi connectivity index (χ0v) is 11.5. The van der Waals surface area contributed by atoms with Crippen molar-refractivity contribution in [2.45, 2.75) is 37.6 Å². The van der Waals surface area contributed by atoms with E-state index in [2.05, 4.69) is 20.4 Å². The predicted molar refractivity (Wildman–Crippen MR) is 71.4 cm³/mol. The van der Waals surface area contributed by atoms with E-state index in [0.717, 1.165) is 44.6 Å². The van der Waals surface area contributed by atoms with Crippen LogP contribution < -0.4 is 10.2 Å². The van der Waals surface area contributed by atoms with Crippen molar-refractivity contribution in [3.8, 4) is 0 Å². The van der Waals surface area contributed by atoms with Gasteiger partial charge in [0.2, 0.25) is 5.89 Å². The van der Waals surface area contributed by atoms with E-state index < -0.39 is 0 Å². The van der Waals surface area contributed by atoms with E-state index in [0.29, 0.717) is 12.0 Å². The molecule has 6 nitrogen and oxygen atoms in total. The highest BCUT2D eigenvalue weighted by Gasteiger charge is 2.30. The van der Waals surface area contributed by atoms with Crippen LogP contribution in [0.3, 0.4) is 0 Å². The summed E-state index contributed by atoms with van der Waals surface area (Å²) in [5.41, 5.74) is 0. The summed E-state index contributed by atoms with van der Waals surface area (Å²) in [7, 11) is 2.02. The van der Waals surface area contributed by atoms with Crippen molar-refractivity contribution in [3.05, 3.63) is 5.89 Å². The molecule has 1 N–H and O–H groups in total. The summed E-state index contributed by atoms with van der Waals surface area (Å²) in [6.07, 6.45) is 4.86. The lowest BCUT2D eigenvalue weighted by Gasteiger charge is -2.28. The molecule has 1 aliphatic carbocycles. The molecule has 1 aromatic rings. The minimum atomic E-state index is 0.362. The number of nitrogens with one attached hydrogen (secondary N) is 1. The Kier molecular flexibility index (Phi) is 3.98. The van der Waals surface area contributed by atoms with Crippen molar-refractivity contribution in [3.63, 3.8) is 0 Å². The highest BCUT2D eigenvalue weighted by Crippen LogP contribution is 2.32. The molecule has 2 aliphatic rings. The van der Waals surface area contributed by atoms with Crippen molar-refractivity contribution in [2.24, 2.45) is 0 Å². The van der Waals surface area contributed by atoms with Crippen LogP contribution in [-0.2, 0) is 4.74 Å². The first-order valence-corrected chi connectivity index (χ1v) is 7.22. The number of aromatic nitrogens is 2. The Morgan fingerprint density at radius 2 is 2.00 bits per heavy atom. The molecule has 2 unspecified atom stereocenters. The van der Waals surface area contributed by atoms with Gasteiger partial charge in [0.1, 0.15) is 0 Å². The molecule has 0 radical (unpaired) electrons. The molecule has 19 heavy (non-hydrogen) atoms. The van der Waals surface area contributed by atoms with Gasteiger partial charge in [0.15, 0.2) is 0 Å². The number of rotatable bonds is 3. The van der Waals surface area contributed by atoms with Gasteiger partial charge in [-0.1, -0.05) is 12.8 Å². The quantitative estimate of drug-likeness (QED) is 0.885. The lowest BCUT2D eigenvalue weighted by Crippen LogP contribution is -2.37. The van der Waals surface area contributed by atoms with E-state index in [-0.39, 0.29) is 0 Å². The standard InChI is InChI=1S/C13H22N4O2/c1-14-11-5-3-2-4-10(11)12-15-13(16-19-12)17-6-8-18-9-7-17/h10-11,14H,2-9H2,1H3. The van der Waals surface area contributed by atoms with Gasteiger partial charge in [-0.15, -0.1) is 0 Å². The maximum Gasteiger partial charge on any atom is 0.266 e. The highest BCUT2D eigenvalue weighted by molar-refractivity contribution is 5.28. The summed E-state index contributed by atoms with van der Waals surface area (Å²) < 4.78 is 10.8. The van der Waals surface area contributed by atoms with Crippen LogP contribution in [0.15, 0.2) is 4.52 Å². The fourth-order valence-electron chi connectivity index (χ4n) is 3.04. The molecular weight excluding hydrogens is 244 g/mol. The lowest BCUT2D eigenvalue weighted by molar-refractivity contribution is 0.121. The third kappa shape index (κ3) is 2.74. The number of morpholine rings is 1. The number of nitrogens with zero attached hydrogens (tertiary/aromatic N) is 3. The Morgan fingerprint density at radius 3 is 2.79 bits per heavy atom. The smallest absolute Gasteiger partial charge is 0.266 e. The van der Waals surface area contributed by atoms with Gasteiger partial charge >= 0.3 is 0 Å². The van der Waals surface area contributed by atoms with E-state index in [4.69, 9.17) is 9.26 Å². The van der Waals surface area contributed by atoms with Crippen molar-refractivity contribution in [2.75, 3.05) is 38.3 Å². The Bertz CT molecular complexity index is 403. The fraction of sp³-hybridized carbons (Fsp3) is 0.846. The molecule has 0 aromatic carbocycles. The molecule has 2 atom stereocenters. The molecule has 1 aromatic heterocycles. The van der Waals surface area contributed by atoms with Gasteiger partial charge in [0, 0.05) is 19.1 Å². The predicted octanol–water partition coefficient (Wildman–Crippen LogP) is 1.15. The first-order chi connectivity index (χ1) is 9.38. The minimum Gasteiger partial charge on any atom is -0.378 e. The van der Waals surface area contributed by atoms with E-state index in [1.165, 1.54) is 19.3 Å². The topological polar surface area (TPSA) is 63.4 Å². The SMILES string of the molecule is CNC1CCCCC1c1nc(N2CCOCC2)no1. The van der Waals surface area contributed by atoms with Crippen molar-refractivity contribution >= 4 is 5.95 Å². The van der Waals surface area contributed by atoms with E-state index >= 15 is 0 Å². The lowest BCUT2D eigenvalue weighted by atomic mass is 9.84. The van der Waals surface area contributed by atoms with Crippen LogP contribution >= 0.6 is 0 Å². The van der Waals surface area contributed by atoms with E-state index in [1.54, 1.807) is 0 Å². The summed E-state index contributed by atoms with van der Waals surface area (Å²) in [6, 6.07) is 0.465. The van der Waals surface area contributed by atoms with Crippen molar-refractivity contribution in [1.82, 2.24) is 15.5 Å². The summed E-state index contributed by atoms with van der Waals surface area (Å²) >= 11 is 0. The van der Waals surface area contributed by atoms with Crippen LogP contribution in [0.4, 0.5) is 5.95 Å². The molecule has 3 rings (SSSR count). The van der Waals surface area contributed by atoms with Crippen LogP contribution in [0.1, 0.15) is 37.5 Å². The maximum atomic E-state index is 5.51. The van der Waals surface area contributed by atoms with Gasteiger partial charge in [-0.05, 0) is 25.0 Å². The average molecular weight is 266 g/mol. The number of hydrogen-bond acceptors (Lipinski definition) is 6. The second-order valence-corrected chi connectivity index (χ2v) is 5.32. The van der Waals surface area contributed by atoms with Gasteiger partial charge in [0.05, 0.1) is 19.1 Å². The Hall–Kier alpha value is -1.14.